The molecular formula is C8H16NO3P. The second-order valence-corrected chi connectivity index (χ2v) is 5.57. The summed E-state index contributed by atoms with van der Waals surface area (Å²) in [5.41, 5.74) is -1.07. The van der Waals surface area contributed by atoms with Crippen LogP contribution in [0.3, 0.4) is 0 Å². The fourth-order valence-corrected chi connectivity index (χ4v) is 2.52. The maximum Gasteiger partial charge on any atom is 0.329 e. The minimum Gasteiger partial charge on any atom is -0.306 e. The molecule has 0 aliphatic carbocycles. The number of hydrogen-bond acceptors (Lipinski definition) is 4. The molecule has 0 fully saturated rings. The Balaban J connectivity index is 4.36. The molecule has 0 saturated carbocycles. The van der Waals surface area contributed by atoms with Crippen LogP contribution in [0.2, 0.25) is 0 Å². The van der Waals surface area contributed by atoms with Gasteiger partial charge >= 0.3 is 7.60 Å². The van der Waals surface area contributed by atoms with Crippen LogP contribution in [0.25, 0.3) is 0 Å². The third-order valence-corrected chi connectivity index (χ3v) is 2.66. The lowest BCUT2D eigenvalue weighted by molar-refractivity contribution is 0.110. The topological polar surface area (TPSA) is 59.3 Å². The van der Waals surface area contributed by atoms with E-state index in [1.165, 1.54) is 6.66 Å². The molecule has 1 atom stereocenters. The van der Waals surface area contributed by atoms with E-state index in [1.807, 2.05) is 6.07 Å². The van der Waals surface area contributed by atoms with E-state index < -0.39 is 13.2 Å². The van der Waals surface area contributed by atoms with Crippen LogP contribution in [0.1, 0.15) is 27.7 Å². The number of hydrogen-bond donors (Lipinski definition) is 0. The number of nitrogens with zero attached hydrogens (tertiary/aromatic N) is 1. The first-order chi connectivity index (χ1) is 5.68. The molecule has 0 saturated heterocycles. The molecule has 0 spiro atoms. The van der Waals surface area contributed by atoms with Gasteiger partial charge in [-0.05, 0) is 27.7 Å². The molecular weight excluding hydrogens is 189 g/mol. The van der Waals surface area contributed by atoms with E-state index in [-0.39, 0.29) is 6.10 Å². The Labute approximate surface area is 79.4 Å². The van der Waals surface area contributed by atoms with Gasteiger partial charge in [0.05, 0.1) is 12.2 Å². The molecule has 0 radical (unpaired) electrons. The van der Waals surface area contributed by atoms with Crippen LogP contribution < -0.4 is 0 Å². The highest BCUT2D eigenvalue weighted by molar-refractivity contribution is 7.53. The minimum absolute atomic E-state index is 0.176. The summed E-state index contributed by atoms with van der Waals surface area (Å²) in [5, 5.41) is 8.64. The van der Waals surface area contributed by atoms with E-state index in [2.05, 4.69) is 0 Å². The van der Waals surface area contributed by atoms with Crippen molar-refractivity contribution in [1.82, 2.24) is 0 Å². The molecule has 0 aromatic rings. The van der Waals surface area contributed by atoms with E-state index >= 15 is 0 Å². The summed E-state index contributed by atoms with van der Waals surface area (Å²) in [6.07, 6.45) is -0.176. The molecule has 13 heavy (non-hydrogen) atoms. The van der Waals surface area contributed by atoms with Crippen molar-refractivity contribution in [2.24, 2.45) is 0 Å². The number of rotatable bonds is 4. The maximum atomic E-state index is 11.6. The van der Waals surface area contributed by atoms with E-state index in [0.29, 0.717) is 0 Å². The third-order valence-electron chi connectivity index (χ3n) is 1.07. The Hall–Kier alpha value is -0.360. The molecule has 0 heterocycles. The molecule has 4 nitrogen and oxygen atoms in total. The van der Waals surface area contributed by atoms with Crippen molar-refractivity contribution in [2.75, 3.05) is 6.66 Å². The fraction of sp³-hybridized carbons (Fsp3) is 0.875. The zero-order valence-electron chi connectivity index (χ0n) is 8.70. The highest BCUT2D eigenvalue weighted by Gasteiger charge is 2.29. The quantitative estimate of drug-likeness (QED) is 0.662. The molecule has 5 heteroatoms. The molecule has 0 N–H and O–H groups in total. The average molecular weight is 205 g/mol. The van der Waals surface area contributed by atoms with E-state index in [9.17, 15) is 4.57 Å². The van der Waals surface area contributed by atoms with Gasteiger partial charge in [-0.2, -0.15) is 5.26 Å². The van der Waals surface area contributed by atoms with Crippen LogP contribution in [0.5, 0.6) is 0 Å². The lowest BCUT2D eigenvalue weighted by Gasteiger charge is -2.23. The maximum absolute atomic E-state index is 11.6. The average Bonchev–Trinajstić information content (AvgIpc) is 1.81. The van der Waals surface area contributed by atoms with Crippen LogP contribution >= 0.6 is 7.60 Å². The van der Waals surface area contributed by atoms with Gasteiger partial charge in [-0.25, -0.2) is 0 Å². The summed E-state index contributed by atoms with van der Waals surface area (Å²) in [6, 6.07) is 1.90. The van der Waals surface area contributed by atoms with Gasteiger partial charge in [-0.3, -0.25) is 9.09 Å². The summed E-state index contributed by atoms with van der Waals surface area (Å²) < 4.78 is 21.7. The summed E-state index contributed by atoms with van der Waals surface area (Å²) in [6.45, 7) is 7.99. The van der Waals surface area contributed by atoms with Crippen molar-refractivity contribution in [1.29, 1.82) is 5.26 Å². The lowest BCUT2D eigenvalue weighted by atomic mass is 10.2. The molecule has 76 valence electrons. The molecule has 0 aromatic heterocycles. The zero-order chi connectivity index (χ0) is 10.7. The van der Waals surface area contributed by atoms with E-state index in [4.69, 9.17) is 14.3 Å². The minimum atomic E-state index is -3.11. The molecule has 0 unspecified atom stereocenters. The standard InChI is InChI=1S/C8H16NO3P/c1-7(2)11-13(5,10)12-8(3,4)6-9/h7H,1-5H3/t13-/m1/s1. The van der Waals surface area contributed by atoms with Crippen LogP contribution in [-0.2, 0) is 13.6 Å². The largest absolute Gasteiger partial charge is 0.329 e. The first-order valence-corrected chi connectivity index (χ1v) is 6.05. The molecule has 0 aliphatic rings. The van der Waals surface area contributed by atoms with Crippen molar-refractivity contribution in [3.05, 3.63) is 0 Å². The van der Waals surface area contributed by atoms with E-state index in [1.54, 1.807) is 27.7 Å². The van der Waals surface area contributed by atoms with Gasteiger partial charge in [0, 0.05) is 6.66 Å². The van der Waals surface area contributed by atoms with Crippen molar-refractivity contribution in [3.8, 4) is 6.07 Å². The van der Waals surface area contributed by atoms with Crippen LogP contribution in [-0.4, -0.2) is 18.4 Å². The first-order valence-electron chi connectivity index (χ1n) is 4.06. The second kappa shape index (κ2) is 4.23. The van der Waals surface area contributed by atoms with Crippen LogP contribution in [0, 0.1) is 11.3 Å². The molecule has 0 aromatic carbocycles. The van der Waals surface area contributed by atoms with Crippen molar-refractivity contribution >= 4 is 7.60 Å². The van der Waals surface area contributed by atoms with Crippen molar-refractivity contribution in [2.45, 2.75) is 39.4 Å². The van der Waals surface area contributed by atoms with Gasteiger partial charge in [-0.1, -0.05) is 0 Å². The third kappa shape index (κ3) is 5.81. The van der Waals surface area contributed by atoms with Gasteiger partial charge < -0.3 is 4.52 Å². The molecule has 0 rings (SSSR count). The van der Waals surface area contributed by atoms with Crippen molar-refractivity contribution < 1.29 is 13.6 Å². The Morgan fingerprint density at radius 1 is 1.46 bits per heavy atom. The Morgan fingerprint density at radius 3 is 2.23 bits per heavy atom. The van der Waals surface area contributed by atoms with Gasteiger partial charge in [0.1, 0.15) is 0 Å². The summed E-state index contributed by atoms with van der Waals surface area (Å²) in [4.78, 5) is 0. The zero-order valence-corrected chi connectivity index (χ0v) is 9.59. The monoisotopic (exact) mass is 205 g/mol. The Kier molecular flexibility index (Phi) is 4.12. The SMILES string of the molecule is CC(C)O[P@@](C)(=O)OC(C)(C)C#N. The second-order valence-electron chi connectivity index (χ2n) is 3.64. The fourth-order valence-electron chi connectivity index (χ4n) is 0.839. The number of nitriles is 1. The predicted molar refractivity (Wildman–Crippen MR) is 50.5 cm³/mol. The van der Waals surface area contributed by atoms with Crippen molar-refractivity contribution in [3.63, 3.8) is 0 Å². The first kappa shape index (κ1) is 12.6. The Bertz CT molecular complexity index is 255. The highest BCUT2D eigenvalue weighted by Crippen LogP contribution is 2.48. The Morgan fingerprint density at radius 2 is 1.92 bits per heavy atom. The smallest absolute Gasteiger partial charge is 0.306 e. The van der Waals surface area contributed by atoms with Gasteiger partial charge in [-0.15, -0.1) is 0 Å². The summed E-state index contributed by atoms with van der Waals surface area (Å²) in [5.74, 6) is 0. The summed E-state index contributed by atoms with van der Waals surface area (Å²) in [7, 11) is -3.11. The van der Waals surface area contributed by atoms with E-state index in [0.717, 1.165) is 0 Å². The predicted octanol–water partition coefficient (Wildman–Crippen LogP) is 2.55. The normalized spacial score (nSPS) is 16.7. The molecule has 0 aliphatic heterocycles. The molecule has 0 amide bonds. The van der Waals surface area contributed by atoms with Gasteiger partial charge in [0.2, 0.25) is 0 Å². The van der Waals surface area contributed by atoms with Crippen LogP contribution in [0.15, 0.2) is 0 Å². The summed E-state index contributed by atoms with van der Waals surface area (Å²) >= 11 is 0. The van der Waals surface area contributed by atoms with Gasteiger partial charge in [0.25, 0.3) is 0 Å². The van der Waals surface area contributed by atoms with Crippen LogP contribution in [0.4, 0.5) is 0 Å². The highest BCUT2D eigenvalue weighted by atomic mass is 31.2. The molecule has 0 bridgehead atoms. The lowest BCUT2D eigenvalue weighted by Crippen LogP contribution is -2.21. The van der Waals surface area contributed by atoms with Gasteiger partial charge in [0.15, 0.2) is 5.60 Å².